The highest BCUT2D eigenvalue weighted by Gasteiger charge is 2.31. The molecule has 0 fully saturated rings. The molecule has 1 aliphatic rings. The van der Waals surface area contributed by atoms with Crippen molar-refractivity contribution < 1.29 is 23.4 Å². The Morgan fingerprint density at radius 2 is 2.00 bits per heavy atom. The van der Waals surface area contributed by atoms with Gasteiger partial charge in [-0.25, -0.2) is 13.2 Å². The Kier molecular flexibility index (Phi) is 4.40. The molecule has 1 atom stereocenters. The van der Waals surface area contributed by atoms with Crippen LogP contribution in [0.15, 0.2) is 29.2 Å². The quantitative estimate of drug-likeness (QED) is 0.840. The van der Waals surface area contributed by atoms with Crippen molar-refractivity contribution in [3.63, 3.8) is 0 Å². The monoisotopic (exact) mass is 365 g/mol. The van der Waals surface area contributed by atoms with Crippen LogP contribution in [0.1, 0.15) is 40.3 Å². The van der Waals surface area contributed by atoms with Gasteiger partial charge in [-0.1, -0.05) is 6.07 Å². The average Bonchev–Trinajstić information content (AvgIpc) is 2.98. The van der Waals surface area contributed by atoms with Gasteiger partial charge in [-0.05, 0) is 37.6 Å². The number of hydrogen-bond acceptors (Lipinski definition) is 5. The molecule has 8 nitrogen and oxygen atoms in total. The summed E-state index contributed by atoms with van der Waals surface area (Å²) >= 11 is 0. The lowest BCUT2D eigenvalue weighted by Crippen LogP contribution is -2.38. The predicted octanol–water partition coefficient (Wildman–Crippen LogP) is 1.15. The summed E-state index contributed by atoms with van der Waals surface area (Å²) in [7, 11) is -3.84. The fourth-order valence-corrected chi connectivity index (χ4v) is 4.48. The molecule has 1 aromatic carbocycles. The maximum Gasteiger partial charge on any atom is 0.335 e. The number of fused-ring (bicyclic) bond motifs is 1. The Hall–Kier alpha value is -2.23. The van der Waals surface area contributed by atoms with Crippen LogP contribution in [0.25, 0.3) is 0 Å². The molecule has 0 aliphatic carbocycles. The Bertz CT molecular complexity index is 933. The molecule has 2 aromatic rings. The lowest BCUT2D eigenvalue weighted by atomic mass is 10.1. The van der Waals surface area contributed by atoms with Gasteiger partial charge in [-0.15, -0.1) is 0 Å². The van der Waals surface area contributed by atoms with E-state index in [2.05, 4.69) is 5.10 Å². The van der Waals surface area contributed by atoms with E-state index in [9.17, 15) is 18.3 Å². The number of aromatic carboxylic acids is 1. The molecule has 3 rings (SSSR count). The molecular formula is C16H19N3O5S. The van der Waals surface area contributed by atoms with E-state index >= 15 is 0 Å². The number of rotatable bonds is 4. The van der Waals surface area contributed by atoms with Gasteiger partial charge in [-0.3, -0.25) is 4.68 Å². The third kappa shape index (κ3) is 3.17. The van der Waals surface area contributed by atoms with E-state index in [1.165, 1.54) is 22.5 Å². The fourth-order valence-electron chi connectivity index (χ4n) is 2.82. The summed E-state index contributed by atoms with van der Waals surface area (Å²) in [5.41, 5.74) is 1.62. The zero-order chi connectivity index (χ0) is 18.4. The number of carboxylic acids is 1. The summed E-state index contributed by atoms with van der Waals surface area (Å²) in [6.45, 7) is 3.96. The Balaban J connectivity index is 1.96. The van der Waals surface area contributed by atoms with E-state index in [1.54, 1.807) is 24.6 Å². The zero-order valence-electron chi connectivity index (χ0n) is 13.9. The lowest BCUT2D eigenvalue weighted by molar-refractivity contribution is 0.0696. The van der Waals surface area contributed by atoms with Gasteiger partial charge in [0.2, 0.25) is 10.0 Å². The zero-order valence-corrected chi connectivity index (χ0v) is 14.7. The number of nitrogens with zero attached hydrogens (tertiary/aromatic N) is 3. The van der Waals surface area contributed by atoms with Crippen molar-refractivity contribution in [1.29, 1.82) is 0 Å². The van der Waals surface area contributed by atoms with Crippen LogP contribution in [-0.4, -0.2) is 45.2 Å². The van der Waals surface area contributed by atoms with E-state index in [0.29, 0.717) is 23.5 Å². The van der Waals surface area contributed by atoms with Crippen molar-refractivity contribution in [2.75, 3.05) is 6.54 Å². The predicted molar refractivity (Wildman–Crippen MR) is 88.6 cm³/mol. The molecule has 0 amide bonds. The second kappa shape index (κ2) is 6.25. The van der Waals surface area contributed by atoms with Gasteiger partial charge in [0, 0.05) is 6.54 Å². The highest BCUT2D eigenvalue weighted by Crippen LogP contribution is 2.26. The molecule has 0 saturated carbocycles. The number of carbonyl (C=O) groups is 1. The van der Waals surface area contributed by atoms with Gasteiger partial charge in [-0.2, -0.15) is 9.40 Å². The van der Waals surface area contributed by atoms with Crippen molar-refractivity contribution in [2.45, 2.75) is 37.9 Å². The van der Waals surface area contributed by atoms with E-state index in [4.69, 9.17) is 5.11 Å². The number of hydrogen-bond donors (Lipinski definition) is 2. The summed E-state index contributed by atoms with van der Waals surface area (Å²) in [6.07, 6.45) is -0.724. The topological polar surface area (TPSA) is 113 Å². The standard InChI is InChI=1S/C16H19N3O5S/c1-10-3-4-12(16(21)22)7-15(10)25(23,24)18-5-6-19-13(9-18)8-14(17-19)11(2)20/h3-4,7-8,11,20H,5-6,9H2,1-2H3,(H,21,22)/t11-/m0/s1. The Morgan fingerprint density at radius 1 is 1.28 bits per heavy atom. The molecule has 0 saturated heterocycles. The molecule has 0 spiro atoms. The van der Waals surface area contributed by atoms with E-state index < -0.39 is 22.1 Å². The molecule has 9 heteroatoms. The van der Waals surface area contributed by atoms with Crippen molar-refractivity contribution in [2.24, 2.45) is 0 Å². The van der Waals surface area contributed by atoms with Crippen LogP contribution in [0.4, 0.5) is 0 Å². The fraction of sp³-hybridized carbons (Fsp3) is 0.375. The number of carboxylic acid groups (broad SMARTS) is 1. The lowest BCUT2D eigenvalue weighted by Gasteiger charge is -2.27. The van der Waals surface area contributed by atoms with Crippen molar-refractivity contribution in [3.8, 4) is 0 Å². The third-order valence-electron chi connectivity index (χ3n) is 4.26. The Labute approximate surface area is 145 Å². The summed E-state index contributed by atoms with van der Waals surface area (Å²) in [6, 6.07) is 5.76. The SMILES string of the molecule is Cc1ccc(C(=O)O)cc1S(=O)(=O)N1CCn2nc([C@H](C)O)cc2C1. The first-order chi connectivity index (χ1) is 11.7. The summed E-state index contributed by atoms with van der Waals surface area (Å²) in [4.78, 5) is 11.2. The molecular weight excluding hydrogens is 346 g/mol. The van der Waals surface area contributed by atoms with E-state index in [0.717, 1.165) is 0 Å². The molecule has 0 unspecified atom stereocenters. The first-order valence-corrected chi connectivity index (χ1v) is 9.23. The average molecular weight is 365 g/mol. The molecule has 0 bridgehead atoms. The number of aryl methyl sites for hydroxylation is 1. The van der Waals surface area contributed by atoms with Crippen LogP contribution in [0.3, 0.4) is 0 Å². The number of benzene rings is 1. The third-order valence-corrected chi connectivity index (χ3v) is 6.25. The largest absolute Gasteiger partial charge is 0.478 e. The van der Waals surface area contributed by atoms with Crippen LogP contribution in [0, 0.1) is 6.92 Å². The van der Waals surface area contributed by atoms with Gasteiger partial charge in [0.15, 0.2) is 0 Å². The van der Waals surface area contributed by atoms with Crippen molar-refractivity contribution >= 4 is 16.0 Å². The second-order valence-corrected chi connectivity index (χ2v) is 7.99. The minimum absolute atomic E-state index is 0.00360. The summed E-state index contributed by atoms with van der Waals surface area (Å²) in [5.74, 6) is -1.17. The summed E-state index contributed by atoms with van der Waals surface area (Å²) in [5, 5.41) is 23.0. The van der Waals surface area contributed by atoms with Crippen LogP contribution < -0.4 is 0 Å². The van der Waals surface area contributed by atoms with Crippen LogP contribution in [0.5, 0.6) is 0 Å². The van der Waals surface area contributed by atoms with Crippen LogP contribution in [-0.2, 0) is 23.1 Å². The smallest absolute Gasteiger partial charge is 0.335 e. The molecule has 25 heavy (non-hydrogen) atoms. The number of aliphatic hydroxyl groups excluding tert-OH is 1. The van der Waals surface area contributed by atoms with Crippen LogP contribution in [0.2, 0.25) is 0 Å². The first-order valence-electron chi connectivity index (χ1n) is 7.79. The molecule has 0 radical (unpaired) electrons. The molecule has 2 N–H and O–H groups in total. The number of sulfonamides is 1. The minimum Gasteiger partial charge on any atom is -0.478 e. The highest BCUT2D eigenvalue weighted by molar-refractivity contribution is 7.89. The van der Waals surface area contributed by atoms with Gasteiger partial charge < -0.3 is 10.2 Å². The molecule has 1 aliphatic heterocycles. The number of aromatic nitrogens is 2. The maximum absolute atomic E-state index is 13.0. The van der Waals surface area contributed by atoms with Gasteiger partial charge >= 0.3 is 5.97 Å². The van der Waals surface area contributed by atoms with Crippen molar-refractivity contribution in [1.82, 2.24) is 14.1 Å². The highest BCUT2D eigenvalue weighted by atomic mass is 32.2. The van der Waals surface area contributed by atoms with Crippen LogP contribution >= 0.6 is 0 Å². The van der Waals surface area contributed by atoms with Gasteiger partial charge in [0.1, 0.15) is 0 Å². The van der Waals surface area contributed by atoms with Gasteiger partial charge in [0.05, 0.1) is 41.0 Å². The van der Waals surface area contributed by atoms with Gasteiger partial charge in [0.25, 0.3) is 0 Å². The molecule has 134 valence electrons. The normalized spacial score (nSPS) is 16.4. The Morgan fingerprint density at radius 3 is 2.64 bits per heavy atom. The van der Waals surface area contributed by atoms with E-state index in [-0.39, 0.29) is 23.5 Å². The second-order valence-electron chi connectivity index (χ2n) is 6.08. The van der Waals surface area contributed by atoms with E-state index in [1.807, 2.05) is 0 Å². The number of aliphatic hydroxyl groups is 1. The maximum atomic E-state index is 13.0. The molecule has 1 aromatic heterocycles. The first kappa shape index (κ1) is 17.6. The van der Waals surface area contributed by atoms with Crippen molar-refractivity contribution in [3.05, 3.63) is 46.8 Å². The minimum atomic E-state index is -3.84. The molecule has 2 heterocycles. The summed E-state index contributed by atoms with van der Waals surface area (Å²) < 4.78 is 29.0.